The lowest BCUT2D eigenvalue weighted by atomic mass is 9.71. The number of carbonyl (C=O) groups is 1. The lowest BCUT2D eigenvalue weighted by Crippen LogP contribution is -2.31. The Balaban J connectivity index is 3.43. The Morgan fingerprint density at radius 3 is 2.39 bits per heavy atom. The molecule has 0 bridgehead atoms. The van der Waals surface area contributed by atoms with Gasteiger partial charge in [0.2, 0.25) is 0 Å². The average molecular weight is 248 g/mol. The average Bonchev–Trinajstić information content (AvgIpc) is 2.28. The topological polar surface area (TPSA) is 26.3 Å². The van der Waals surface area contributed by atoms with Crippen molar-refractivity contribution in [3.63, 3.8) is 0 Å². The molecule has 100 valence electrons. The molecule has 2 nitrogen and oxygen atoms in total. The Labute approximate surface area is 110 Å². The molecule has 1 atom stereocenters. The third-order valence-corrected chi connectivity index (χ3v) is 3.84. The molecule has 0 heterocycles. The second-order valence-electron chi connectivity index (χ2n) is 5.53. The van der Waals surface area contributed by atoms with Gasteiger partial charge >= 0.3 is 0 Å². The Morgan fingerprint density at radius 2 is 1.94 bits per heavy atom. The number of hydrogen-bond donors (Lipinski definition) is 0. The third kappa shape index (κ3) is 2.58. The molecule has 0 radical (unpaired) electrons. The lowest BCUT2D eigenvalue weighted by molar-refractivity contribution is -0.112. The van der Waals surface area contributed by atoms with Crippen molar-refractivity contribution < 1.29 is 9.53 Å². The van der Waals surface area contributed by atoms with Crippen molar-refractivity contribution in [1.82, 2.24) is 0 Å². The van der Waals surface area contributed by atoms with Crippen molar-refractivity contribution in [1.29, 1.82) is 0 Å². The highest BCUT2D eigenvalue weighted by Gasteiger charge is 2.33. The molecule has 1 unspecified atom stereocenters. The second kappa shape index (κ2) is 5.55. The zero-order valence-electron chi connectivity index (χ0n) is 12.3. The molecule has 1 aromatic carbocycles. The Kier molecular flexibility index (Phi) is 4.55. The van der Waals surface area contributed by atoms with Crippen LogP contribution in [0.5, 0.6) is 5.75 Å². The fourth-order valence-electron chi connectivity index (χ4n) is 2.88. The summed E-state index contributed by atoms with van der Waals surface area (Å²) in [5.74, 6) is 0.894. The number of carbonyl (C=O) groups excluding carboxylic acids is 1. The molecule has 0 saturated carbocycles. The fourth-order valence-corrected chi connectivity index (χ4v) is 2.88. The van der Waals surface area contributed by atoms with Crippen molar-refractivity contribution in [3.05, 3.63) is 28.8 Å². The number of ether oxygens (including phenoxy) is 1. The summed E-state index contributed by atoms with van der Waals surface area (Å²) in [4.78, 5) is 11.3. The summed E-state index contributed by atoms with van der Waals surface area (Å²) in [6, 6.07) is 4.19. The molecule has 0 aliphatic carbocycles. The van der Waals surface area contributed by atoms with Gasteiger partial charge in [-0.3, -0.25) is 0 Å². The minimum atomic E-state index is -0.209. The highest BCUT2D eigenvalue weighted by Crippen LogP contribution is 2.40. The molecule has 18 heavy (non-hydrogen) atoms. The van der Waals surface area contributed by atoms with Crippen LogP contribution in [0, 0.1) is 19.8 Å². The van der Waals surface area contributed by atoms with E-state index in [1.54, 1.807) is 7.11 Å². The van der Waals surface area contributed by atoms with Crippen LogP contribution in [-0.2, 0) is 10.2 Å². The van der Waals surface area contributed by atoms with Gasteiger partial charge < -0.3 is 9.53 Å². The molecular formula is C16H24O2. The number of methoxy groups -OCH3 is 1. The number of aryl methyl sites for hydroxylation is 2. The van der Waals surface area contributed by atoms with Crippen LogP contribution in [0.3, 0.4) is 0 Å². The van der Waals surface area contributed by atoms with E-state index in [0.717, 1.165) is 24.0 Å². The molecule has 0 spiro atoms. The van der Waals surface area contributed by atoms with E-state index in [-0.39, 0.29) is 11.3 Å². The first kappa shape index (κ1) is 14.7. The smallest absolute Gasteiger partial charge is 0.123 e. The number of hydrogen-bond acceptors (Lipinski definition) is 2. The molecule has 1 rings (SSSR count). The SMILES string of the molecule is CCC(C=O)C(C)(C)c1c(C)cc(C)cc1OC. The highest BCUT2D eigenvalue weighted by atomic mass is 16.5. The fraction of sp³-hybridized carbons (Fsp3) is 0.562. The maximum atomic E-state index is 11.3. The van der Waals surface area contributed by atoms with Gasteiger partial charge in [0.25, 0.3) is 0 Å². The highest BCUT2D eigenvalue weighted by molar-refractivity contribution is 5.60. The van der Waals surface area contributed by atoms with Gasteiger partial charge in [-0.2, -0.15) is 0 Å². The Bertz CT molecular complexity index is 433. The Hall–Kier alpha value is -1.31. The molecule has 0 aliphatic heterocycles. The van der Waals surface area contributed by atoms with E-state index in [1.807, 2.05) is 6.07 Å². The molecule has 0 aromatic heterocycles. The first-order valence-electron chi connectivity index (χ1n) is 6.49. The summed E-state index contributed by atoms with van der Waals surface area (Å²) in [5.41, 5.74) is 3.31. The summed E-state index contributed by atoms with van der Waals surface area (Å²) >= 11 is 0. The van der Waals surface area contributed by atoms with Crippen molar-refractivity contribution in [2.45, 2.75) is 46.5 Å². The van der Waals surface area contributed by atoms with Crippen molar-refractivity contribution in [2.75, 3.05) is 7.11 Å². The van der Waals surface area contributed by atoms with E-state index in [4.69, 9.17) is 4.74 Å². The molecule has 0 aliphatic rings. The molecule has 0 saturated heterocycles. The second-order valence-corrected chi connectivity index (χ2v) is 5.53. The first-order chi connectivity index (χ1) is 8.38. The van der Waals surface area contributed by atoms with Crippen LogP contribution in [0.25, 0.3) is 0 Å². The van der Waals surface area contributed by atoms with Gasteiger partial charge in [-0.1, -0.05) is 26.8 Å². The minimum absolute atomic E-state index is 0.00723. The first-order valence-corrected chi connectivity index (χ1v) is 6.49. The standard InChI is InChI=1S/C16H24O2/c1-7-13(10-17)16(4,5)15-12(3)8-11(2)9-14(15)18-6/h8-10,13H,7H2,1-6H3. The predicted octanol–water partition coefficient (Wildman–Crippen LogP) is 3.81. The summed E-state index contributed by atoms with van der Waals surface area (Å²) in [6.45, 7) is 10.4. The van der Waals surface area contributed by atoms with E-state index in [0.29, 0.717) is 0 Å². The molecule has 0 fully saturated rings. The van der Waals surface area contributed by atoms with Gasteiger partial charge in [-0.05, 0) is 37.5 Å². The maximum Gasteiger partial charge on any atom is 0.123 e. The van der Waals surface area contributed by atoms with E-state index < -0.39 is 0 Å². The van der Waals surface area contributed by atoms with E-state index in [2.05, 4.69) is 40.7 Å². The summed E-state index contributed by atoms with van der Waals surface area (Å²) < 4.78 is 5.52. The van der Waals surface area contributed by atoms with Gasteiger partial charge in [0.15, 0.2) is 0 Å². The monoisotopic (exact) mass is 248 g/mol. The normalized spacial score (nSPS) is 13.2. The maximum absolute atomic E-state index is 11.3. The van der Waals surface area contributed by atoms with Crippen molar-refractivity contribution >= 4 is 6.29 Å². The lowest BCUT2D eigenvalue weighted by Gasteiger charge is -2.33. The molecule has 0 N–H and O–H groups in total. The van der Waals surface area contributed by atoms with Crippen LogP contribution in [0.4, 0.5) is 0 Å². The van der Waals surface area contributed by atoms with Crippen LogP contribution in [0.1, 0.15) is 43.9 Å². The van der Waals surface area contributed by atoms with E-state index >= 15 is 0 Å². The number of benzene rings is 1. The summed E-state index contributed by atoms with van der Waals surface area (Å²) in [5, 5.41) is 0. The van der Waals surface area contributed by atoms with Gasteiger partial charge in [0.05, 0.1) is 7.11 Å². The zero-order valence-corrected chi connectivity index (χ0v) is 12.3. The van der Waals surface area contributed by atoms with Crippen LogP contribution in [0.15, 0.2) is 12.1 Å². The van der Waals surface area contributed by atoms with Crippen LogP contribution < -0.4 is 4.74 Å². The van der Waals surface area contributed by atoms with E-state index in [1.165, 1.54) is 11.1 Å². The van der Waals surface area contributed by atoms with Crippen molar-refractivity contribution in [3.8, 4) is 5.75 Å². The van der Waals surface area contributed by atoms with Gasteiger partial charge in [-0.15, -0.1) is 0 Å². The molecule has 0 amide bonds. The minimum Gasteiger partial charge on any atom is -0.496 e. The quantitative estimate of drug-likeness (QED) is 0.741. The summed E-state index contributed by atoms with van der Waals surface area (Å²) in [7, 11) is 1.69. The Morgan fingerprint density at radius 1 is 1.33 bits per heavy atom. The van der Waals surface area contributed by atoms with E-state index in [9.17, 15) is 4.79 Å². The molecule has 1 aromatic rings. The van der Waals surface area contributed by atoms with Crippen LogP contribution in [-0.4, -0.2) is 13.4 Å². The van der Waals surface area contributed by atoms with Crippen LogP contribution >= 0.6 is 0 Å². The predicted molar refractivity (Wildman–Crippen MR) is 75.3 cm³/mol. The van der Waals surface area contributed by atoms with Crippen molar-refractivity contribution in [2.24, 2.45) is 5.92 Å². The summed E-state index contributed by atoms with van der Waals surface area (Å²) in [6.07, 6.45) is 1.91. The molecular weight excluding hydrogens is 224 g/mol. The van der Waals surface area contributed by atoms with Gasteiger partial charge in [-0.25, -0.2) is 0 Å². The molecule has 2 heteroatoms. The number of rotatable bonds is 5. The van der Waals surface area contributed by atoms with Gasteiger partial charge in [0, 0.05) is 16.9 Å². The number of aldehydes is 1. The van der Waals surface area contributed by atoms with Gasteiger partial charge in [0.1, 0.15) is 12.0 Å². The zero-order chi connectivity index (χ0) is 13.9. The largest absolute Gasteiger partial charge is 0.496 e. The van der Waals surface area contributed by atoms with Crippen LogP contribution in [0.2, 0.25) is 0 Å². The third-order valence-electron chi connectivity index (χ3n) is 3.84.